The molecule has 2 nitrogen and oxygen atoms in total. The minimum absolute atomic E-state index is 0.714. The van der Waals surface area contributed by atoms with E-state index in [9.17, 15) is 0 Å². The van der Waals surface area contributed by atoms with Gasteiger partial charge in [-0.1, -0.05) is 30.7 Å². The fourth-order valence-electron chi connectivity index (χ4n) is 2.47. The second-order valence-electron chi connectivity index (χ2n) is 5.29. The van der Waals surface area contributed by atoms with Crippen molar-refractivity contribution in [1.82, 2.24) is 5.32 Å². The summed E-state index contributed by atoms with van der Waals surface area (Å²) in [6.07, 6.45) is 9.78. The molecule has 0 unspecified atom stereocenters. The number of aryl methyl sites for hydroxylation is 1. The van der Waals surface area contributed by atoms with Gasteiger partial charge in [-0.15, -0.1) is 0 Å². The summed E-state index contributed by atoms with van der Waals surface area (Å²) in [4.78, 5) is 0. The largest absolute Gasteiger partial charge is 0.362 e. The van der Waals surface area contributed by atoms with Crippen molar-refractivity contribution in [3.8, 4) is 0 Å². The lowest BCUT2D eigenvalue weighted by Crippen LogP contribution is -2.29. The van der Waals surface area contributed by atoms with E-state index in [1.54, 1.807) is 5.57 Å². The van der Waals surface area contributed by atoms with E-state index in [2.05, 4.69) is 47.9 Å². The second kappa shape index (κ2) is 8.05. The highest BCUT2D eigenvalue weighted by molar-refractivity contribution is 7.80. The molecule has 0 aliphatic heterocycles. The van der Waals surface area contributed by atoms with Gasteiger partial charge in [-0.2, -0.15) is 0 Å². The Kier molecular flexibility index (Phi) is 6.06. The maximum atomic E-state index is 5.32. The van der Waals surface area contributed by atoms with Crippen molar-refractivity contribution in [3.63, 3.8) is 0 Å². The number of allylic oxidation sites excluding steroid dienone is 1. The minimum Gasteiger partial charge on any atom is -0.362 e. The van der Waals surface area contributed by atoms with E-state index in [1.807, 2.05) is 0 Å². The molecule has 0 bridgehead atoms. The van der Waals surface area contributed by atoms with Crippen LogP contribution < -0.4 is 10.6 Å². The number of nitrogens with one attached hydrogen (secondary N) is 2. The first kappa shape index (κ1) is 15.0. The number of benzene rings is 1. The number of hydrogen-bond acceptors (Lipinski definition) is 1. The molecule has 20 heavy (non-hydrogen) atoms. The maximum Gasteiger partial charge on any atom is 0.170 e. The Bertz CT molecular complexity index is 462. The Morgan fingerprint density at radius 1 is 1.20 bits per heavy atom. The molecule has 0 spiro atoms. The van der Waals surface area contributed by atoms with Gasteiger partial charge in [0.1, 0.15) is 0 Å². The lowest BCUT2D eigenvalue weighted by atomic mass is 9.97. The van der Waals surface area contributed by atoms with Crippen LogP contribution in [0.25, 0.3) is 0 Å². The van der Waals surface area contributed by atoms with Gasteiger partial charge in [0.2, 0.25) is 0 Å². The van der Waals surface area contributed by atoms with E-state index in [-0.39, 0.29) is 0 Å². The zero-order valence-corrected chi connectivity index (χ0v) is 13.1. The van der Waals surface area contributed by atoms with Crippen LogP contribution in [-0.4, -0.2) is 11.7 Å². The molecule has 1 aromatic carbocycles. The zero-order valence-electron chi connectivity index (χ0n) is 12.2. The summed E-state index contributed by atoms with van der Waals surface area (Å²) in [5.41, 5.74) is 3.98. The van der Waals surface area contributed by atoms with Crippen LogP contribution in [0, 0.1) is 0 Å². The molecular formula is C17H24N2S. The number of thiocarbonyl (C=S) groups is 1. The lowest BCUT2D eigenvalue weighted by molar-refractivity contribution is 0.669. The smallest absolute Gasteiger partial charge is 0.170 e. The van der Waals surface area contributed by atoms with Crippen LogP contribution in [-0.2, 0) is 6.42 Å². The molecule has 0 saturated heterocycles. The van der Waals surface area contributed by atoms with Crippen LogP contribution in [0.5, 0.6) is 0 Å². The van der Waals surface area contributed by atoms with Gasteiger partial charge in [-0.05, 0) is 68.4 Å². The third kappa shape index (κ3) is 4.97. The highest BCUT2D eigenvalue weighted by Crippen LogP contribution is 2.19. The summed E-state index contributed by atoms with van der Waals surface area (Å²) >= 11 is 5.32. The van der Waals surface area contributed by atoms with Gasteiger partial charge >= 0.3 is 0 Å². The molecule has 0 saturated carbocycles. The molecule has 2 N–H and O–H groups in total. The Hall–Kier alpha value is -1.35. The fraction of sp³-hybridized carbons (Fsp3) is 0.471. The van der Waals surface area contributed by atoms with Crippen molar-refractivity contribution < 1.29 is 0 Å². The molecule has 1 aromatic rings. The van der Waals surface area contributed by atoms with E-state index < -0.39 is 0 Å². The van der Waals surface area contributed by atoms with Crippen LogP contribution in [0.1, 0.15) is 44.6 Å². The summed E-state index contributed by atoms with van der Waals surface area (Å²) in [6.45, 7) is 3.08. The van der Waals surface area contributed by atoms with Crippen molar-refractivity contribution in [2.45, 2.75) is 45.4 Å². The van der Waals surface area contributed by atoms with Crippen molar-refractivity contribution in [2.24, 2.45) is 0 Å². The standard InChI is InChI=1S/C17H24N2S/c1-2-14-8-10-16(11-9-14)19-17(20)18-13-12-15-6-4-3-5-7-15/h6,8-11H,2-5,7,12-13H2,1H3,(H2,18,19,20). The van der Waals surface area contributed by atoms with E-state index in [0.717, 1.165) is 25.1 Å². The first-order chi connectivity index (χ1) is 9.78. The molecule has 0 fully saturated rings. The predicted molar refractivity (Wildman–Crippen MR) is 91.2 cm³/mol. The third-order valence-corrected chi connectivity index (χ3v) is 3.98. The molecule has 108 valence electrons. The maximum absolute atomic E-state index is 5.32. The summed E-state index contributed by atoms with van der Waals surface area (Å²) < 4.78 is 0. The SMILES string of the molecule is CCc1ccc(NC(=S)NCCC2=CCCCC2)cc1. The number of anilines is 1. The normalized spacial score (nSPS) is 14.6. The monoisotopic (exact) mass is 288 g/mol. The average molecular weight is 288 g/mol. The molecule has 2 rings (SSSR count). The van der Waals surface area contributed by atoms with Crippen molar-refractivity contribution >= 4 is 23.0 Å². The van der Waals surface area contributed by atoms with Gasteiger partial charge in [0.15, 0.2) is 5.11 Å². The highest BCUT2D eigenvalue weighted by Gasteiger charge is 2.03. The minimum atomic E-state index is 0.714. The van der Waals surface area contributed by atoms with E-state index >= 15 is 0 Å². The van der Waals surface area contributed by atoms with Gasteiger partial charge in [-0.25, -0.2) is 0 Å². The predicted octanol–water partition coefficient (Wildman–Crippen LogP) is 4.43. The first-order valence-corrected chi connectivity index (χ1v) is 8.00. The van der Waals surface area contributed by atoms with E-state index in [4.69, 9.17) is 12.2 Å². The third-order valence-electron chi connectivity index (χ3n) is 3.74. The van der Waals surface area contributed by atoms with Gasteiger partial charge in [0.25, 0.3) is 0 Å². The van der Waals surface area contributed by atoms with Gasteiger partial charge in [-0.3, -0.25) is 0 Å². The molecular weight excluding hydrogens is 264 g/mol. The second-order valence-corrected chi connectivity index (χ2v) is 5.70. The Morgan fingerprint density at radius 3 is 2.65 bits per heavy atom. The van der Waals surface area contributed by atoms with Crippen LogP contribution in [0.2, 0.25) is 0 Å². The molecule has 0 atom stereocenters. The van der Waals surface area contributed by atoms with Crippen molar-refractivity contribution in [3.05, 3.63) is 41.5 Å². The first-order valence-electron chi connectivity index (χ1n) is 7.59. The summed E-state index contributed by atoms with van der Waals surface area (Å²) in [5.74, 6) is 0. The average Bonchev–Trinajstić information content (AvgIpc) is 2.49. The molecule has 3 heteroatoms. The molecule has 0 radical (unpaired) electrons. The van der Waals surface area contributed by atoms with E-state index in [1.165, 1.54) is 31.2 Å². The molecule has 1 aliphatic rings. The Balaban J connectivity index is 1.70. The molecule has 0 amide bonds. The van der Waals surface area contributed by atoms with Crippen LogP contribution >= 0.6 is 12.2 Å². The Morgan fingerprint density at radius 2 is 2.00 bits per heavy atom. The Labute approximate surface area is 127 Å². The lowest BCUT2D eigenvalue weighted by Gasteiger charge is -2.14. The quantitative estimate of drug-likeness (QED) is 0.619. The summed E-state index contributed by atoms with van der Waals surface area (Å²) in [6, 6.07) is 8.43. The fourth-order valence-corrected chi connectivity index (χ4v) is 2.69. The summed E-state index contributed by atoms with van der Waals surface area (Å²) in [5, 5.41) is 7.23. The summed E-state index contributed by atoms with van der Waals surface area (Å²) in [7, 11) is 0. The molecule has 0 aromatic heterocycles. The van der Waals surface area contributed by atoms with Crippen molar-refractivity contribution in [2.75, 3.05) is 11.9 Å². The molecule has 0 heterocycles. The van der Waals surface area contributed by atoms with Crippen molar-refractivity contribution in [1.29, 1.82) is 0 Å². The van der Waals surface area contributed by atoms with Gasteiger partial charge in [0.05, 0.1) is 0 Å². The van der Waals surface area contributed by atoms with E-state index in [0.29, 0.717) is 5.11 Å². The van der Waals surface area contributed by atoms with Crippen LogP contribution in [0.3, 0.4) is 0 Å². The zero-order chi connectivity index (χ0) is 14.2. The molecule has 1 aliphatic carbocycles. The highest BCUT2D eigenvalue weighted by atomic mass is 32.1. The van der Waals surface area contributed by atoms with Gasteiger partial charge in [0, 0.05) is 12.2 Å². The van der Waals surface area contributed by atoms with Gasteiger partial charge < -0.3 is 10.6 Å². The number of rotatable bonds is 5. The number of hydrogen-bond donors (Lipinski definition) is 2. The van der Waals surface area contributed by atoms with Crippen LogP contribution in [0.15, 0.2) is 35.9 Å². The van der Waals surface area contributed by atoms with Crippen LogP contribution in [0.4, 0.5) is 5.69 Å². The topological polar surface area (TPSA) is 24.1 Å².